The summed E-state index contributed by atoms with van der Waals surface area (Å²) in [5.74, 6) is 1.04. The number of ether oxygens (including phenoxy) is 2. The Balaban J connectivity index is 0.00000146. The van der Waals surface area contributed by atoms with Gasteiger partial charge < -0.3 is 5.11 Å². The number of thioether (sulfide) groups is 1. The number of carboxylic acids is 1. The van der Waals surface area contributed by atoms with Gasteiger partial charge in [0, 0.05) is 5.75 Å². The molecule has 0 aromatic carbocycles. The summed E-state index contributed by atoms with van der Waals surface area (Å²) in [6.07, 6.45) is 10.3. The van der Waals surface area contributed by atoms with E-state index < -0.39 is 27.1 Å². The standard InChI is InChI=1S/2C11H21O2.C3H4O2S.Sn/c2*1-4-7-8-10(5-2)9-13-11(12)6-3;4-3(5)2-1-6-2;/h2*10H,3-9H2,1-2H3;2H,1H2,(H,4,5);. The molecule has 0 aromatic heterocycles. The third-order valence-electron chi connectivity index (χ3n) is 5.67. The van der Waals surface area contributed by atoms with E-state index in [9.17, 15) is 14.4 Å². The van der Waals surface area contributed by atoms with Crippen molar-refractivity contribution in [2.75, 3.05) is 19.0 Å². The molecule has 3 atom stereocenters. The van der Waals surface area contributed by atoms with Crippen molar-refractivity contribution in [3.05, 3.63) is 0 Å². The first kappa shape index (κ1) is 32.6. The predicted octanol–water partition coefficient (Wildman–Crippen LogP) is 6.01. The normalized spacial score (nSPS) is 16.2. The van der Waals surface area contributed by atoms with Crippen LogP contribution in [-0.4, -0.2) is 68.4 Å². The maximum absolute atomic E-state index is 11.8. The van der Waals surface area contributed by atoms with E-state index in [0.717, 1.165) is 40.3 Å². The first-order valence-electron chi connectivity index (χ1n) is 12.7. The van der Waals surface area contributed by atoms with Crippen LogP contribution in [-0.2, 0) is 23.9 Å². The van der Waals surface area contributed by atoms with E-state index in [2.05, 4.69) is 27.7 Å². The van der Waals surface area contributed by atoms with Gasteiger partial charge in [0.15, 0.2) is 0 Å². The summed E-state index contributed by atoms with van der Waals surface area (Å²) >= 11 is 0.811. The third kappa shape index (κ3) is 20.6. The Kier molecular flexibility index (Phi) is 21.8. The molecule has 8 heteroatoms. The fraction of sp³-hybridized carbons (Fsp3) is 0.880. The first-order valence-corrected chi connectivity index (χ1v) is 17.8. The zero-order valence-corrected chi connectivity index (χ0v) is 24.9. The van der Waals surface area contributed by atoms with Gasteiger partial charge >= 0.3 is 184 Å². The van der Waals surface area contributed by atoms with Gasteiger partial charge in [0.25, 0.3) is 0 Å². The zero-order chi connectivity index (χ0) is 24.9. The SMILES string of the molecule is CCCCC(CC)COC(=O)C[CH2][Sn][CH2]CC(=O)OCC(CC)CCCC.O=C(O)C1CS1. The van der Waals surface area contributed by atoms with Crippen LogP contribution in [0.4, 0.5) is 0 Å². The second kappa shape index (κ2) is 22.0. The average molecular weight is 593 g/mol. The molecule has 0 amide bonds. The minimum absolute atomic E-state index is 0.0601. The molecule has 1 N–H and O–H groups in total. The van der Waals surface area contributed by atoms with Crippen molar-refractivity contribution >= 4 is 50.8 Å². The molecule has 1 fully saturated rings. The van der Waals surface area contributed by atoms with Crippen molar-refractivity contribution in [2.24, 2.45) is 11.8 Å². The monoisotopic (exact) mass is 594 g/mol. The van der Waals surface area contributed by atoms with Crippen molar-refractivity contribution in [3.8, 4) is 0 Å². The fourth-order valence-electron chi connectivity index (χ4n) is 3.06. The van der Waals surface area contributed by atoms with Crippen LogP contribution in [0.25, 0.3) is 0 Å². The molecule has 1 saturated heterocycles. The molecule has 1 aliphatic rings. The summed E-state index contributed by atoms with van der Waals surface area (Å²) in [7, 11) is 0. The summed E-state index contributed by atoms with van der Waals surface area (Å²) in [6, 6.07) is 0. The van der Waals surface area contributed by atoms with Crippen LogP contribution >= 0.6 is 11.8 Å². The smallest absolute Gasteiger partial charge is 0.317 e. The Morgan fingerprint density at radius 1 is 0.879 bits per heavy atom. The Morgan fingerprint density at radius 3 is 1.58 bits per heavy atom. The number of carboxylic acid groups (broad SMARTS) is 1. The Hall–Kier alpha value is -0.441. The van der Waals surface area contributed by atoms with Gasteiger partial charge in [-0.2, -0.15) is 0 Å². The molecule has 1 heterocycles. The molecular formula is C25H46O6SSn. The van der Waals surface area contributed by atoms with Gasteiger partial charge in [-0.15, -0.1) is 11.8 Å². The summed E-state index contributed by atoms with van der Waals surface area (Å²) < 4.78 is 12.8. The maximum Gasteiger partial charge on any atom is 0.317 e. The number of carbonyl (C=O) groups is 3. The van der Waals surface area contributed by atoms with E-state index in [1.54, 1.807) is 0 Å². The first-order chi connectivity index (χ1) is 15.9. The summed E-state index contributed by atoms with van der Waals surface area (Å²) in [6.45, 7) is 9.85. The molecule has 33 heavy (non-hydrogen) atoms. The molecule has 0 aliphatic carbocycles. The molecule has 0 saturated carbocycles. The number of aliphatic carboxylic acids is 1. The number of hydrogen-bond donors (Lipinski definition) is 1. The van der Waals surface area contributed by atoms with E-state index in [4.69, 9.17) is 14.6 Å². The molecule has 0 spiro atoms. The van der Waals surface area contributed by atoms with Crippen molar-refractivity contribution < 1.29 is 29.0 Å². The summed E-state index contributed by atoms with van der Waals surface area (Å²) in [5.41, 5.74) is 0. The maximum atomic E-state index is 11.8. The van der Waals surface area contributed by atoms with Crippen LogP contribution in [0.2, 0.25) is 8.87 Å². The van der Waals surface area contributed by atoms with Gasteiger partial charge in [-0.3, -0.25) is 4.79 Å². The van der Waals surface area contributed by atoms with Crippen LogP contribution in [0.1, 0.15) is 91.9 Å². The van der Waals surface area contributed by atoms with Gasteiger partial charge in [0.05, 0.1) is 0 Å². The number of unbranched alkanes of at least 4 members (excludes halogenated alkanes) is 2. The number of carbonyl (C=O) groups excluding carboxylic acids is 2. The van der Waals surface area contributed by atoms with Crippen LogP contribution in [0.3, 0.4) is 0 Å². The molecule has 2 radical (unpaired) electrons. The second-order valence-corrected chi connectivity index (χ2v) is 14.1. The van der Waals surface area contributed by atoms with E-state index >= 15 is 0 Å². The average Bonchev–Trinajstić information content (AvgIpc) is 3.65. The van der Waals surface area contributed by atoms with Crippen LogP contribution in [0.15, 0.2) is 0 Å². The van der Waals surface area contributed by atoms with Crippen molar-refractivity contribution in [2.45, 2.75) is 106 Å². The molecule has 192 valence electrons. The van der Waals surface area contributed by atoms with Gasteiger partial charge in [-0.1, -0.05) is 0 Å². The minimum atomic E-state index is -0.667. The minimum Gasteiger partial charge on any atom is -0.480 e. The van der Waals surface area contributed by atoms with E-state index in [0.29, 0.717) is 37.9 Å². The van der Waals surface area contributed by atoms with Crippen LogP contribution in [0.5, 0.6) is 0 Å². The van der Waals surface area contributed by atoms with E-state index in [1.807, 2.05) is 0 Å². The van der Waals surface area contributed by atoms with Gasteiger partial charge in [0.2, 0.25) is 0 Å². The summed E-state index contributed by atoms with van der Waals surface area (Å²) in [5, 5.41) is 7.97. The van der Waals surface area contributed by atoms with Crippen LogP contribution in [0, 0.1) is 11.8 Å². The van der Waals surface area contributed by atoms with E-state index in [1.165, 1.54) is 37.4 Å². The molecular weight excluding hydrogens is 547 g/mol. The molecule has 3 unspecified atom stereocenters. The van der Waals surface area contributed by atoms with Crippen molar-refractivity contribution in [3.63, 3.8) is 0 Å². The Morgan fingerprint density at radius 2 is 1.30 bits per heavy atom. The Bertz CT molecular complexity index is 493. The zero-order valence-electron chi connectivity index (χ0n) is 21.2. The fourth-order valence-corrected chi connectivity index (χ4v) is 6.33. The van der Waals surface area contributed by atoms with Crippen molar-refractivity contribution in [1.82, 2.24) is 0 Å². The largest absolute Gasteiger partial charge is 0.480 e. The predicted molar refractivity (Wildman–Crippen MR) is 137 cm³/mol. The number of rotatable bonds is 19. The van der Waals surface area contributed by atoms with E-state index in [-0.39, 0.29) is 17.2 Å². The topological polar surface area (TPSA) is 89.9 Å². The van der Waals surface area contributed by atoms with Gasteiger partial charge in [-0.05, 0) is 0 Å². The Labute approximate surface area is 215 Å². The van der Waals surface area contributed by atoms with Gasteiger partial charge in [-0.25, -0.2) is 0 Å². The number of esters is 2. The number of hydrogen-bond acceptors (Lipinski definition) is 6. The molecule has 1 aliphatic heterocycles. The van der Waals surface area contributed by atoms with Gasteiger partial charge in [0.1, 0.15) is 5.25 Å². The van der Waals surface area contributed by atoms with Crippen LogP contribution < -0.4 is 0 Å². The quantitative estimate of drug-likeness (QED) is 0.0849. The van der Waals surface area contributed by atoms with Crippen molar-refractivity contribution in [1.29, 1.82) is 0 Å². The molecule has 0 bridgehead atoms. The third-order valence-corrected chi connectivity index (χ3v) is 9.98. The summed E-state index contributed by atoms with van der Waals surface area (Å²) in [4.78, 5) is 33.4. The molecule has 1 rings (SSSR count). The molecule has 6 nitrogen and oxygen atoms in total. The second-order valence-electron chi connectivity index (χ2n) is 8.61. The molecule has 0 aromatic rings.